The van der Waals surface area contributed by atoms with E-state index in [1.54, 1.807) is 0 Å². The second-order valence-electron chi connectivity index (χ2n) is 5.94. The predicted octanol–water partition coefficient (Wildman–Crippen LogP) is 2.14. The normalized spacial score (nSPS) is 23.6. The van der Waals surface area contributed by atoms with Crippen LogP contribution in [0.2, 0.25) is 0 Å². The van der Waals surface area contributed by atoms with Gasteiger partial charge in [-0.2, -0.15) is 0 Å². The Balaban J connectivity index is 2.07. The molecule has 96 valence electrons. The third kappa shape index (κ3) is 2.61. The number of imide groups is 1. The van der Waals surface area contributed by atoms with Gasteiger partial charge in [0.2, 0.25) is 5.91 Å². The van der Waals surface area contributed by atoms with Gasteiger partial charge < -0.3 is 5.32 Å². The van der Waals surface area contributed by atoms with Crippen LogP contribution in [0.25, 0.3) is 0 Å². The van der Waals surface area contributed by atoms with Crippen LogP contribution in [0.5, 0.6) is 0 Å². The number of carbonyl (C=O) groups is 2. The van der Waals surface area contributed by atoms with Crippen molar-refractivity contribution in [2.24, 2.45) is 11.3 Å². The highest BCUT2D eigenvalue weighted by molar-refractivity contribution is 6.01. The molecule has 2 aliphatic rings. The lowest BCUT2D eigenvalue weighted by Gasteiger charge is -2.33. The molecule has 1 heterocycles. The van der Waals surface area contributed by atoms with Crippen molar-refractivity contribution < 1.29 is 9.59 Å². The third-order valence-corrected chi connectivity index (χ3v) is 3.94. The number of nitrogens with zero attached hydrogens (tertiary/aromatic N) is 1. The largest absolute Gasteiger partial charge is 0.329 e. The molecule has 0 radical (unpaired) electrons. The van der Waals surface area contributed by atoms with Gasteiger partial charge in [-0.3, -0.25) is 9.69 Å². The maximum Gasteiger partial charge on any atom is 0.324 e. The molecule has 3 amide bonds. The number of carbonyl (C=O) groups excluding carboxylic acids is 2. The lowest BCUT2D eigenvalue weighted by molar-refractivity contribution is -0.126. The van der Waals surface area contributed by atoms with Crippen molar-refractivity contribution >= 4 is 11.9 Å². The average molecular weight is 238 g/mol. The van der Waals surface area contributed by atoms with Gasteiger partial charge in [0.25, 0.3) is 0 Å². The Morgan fingerprint density at radius 1 is 1.29 bits per heavy atom. The van der Waals surface area contributed by atoms with E-state index in [-0.39, 0.29) is 23.9 Å². The molecule has 2 fully saturated rings. The van der Waals surface area contributed by atoms with Crippen molar-refractivity contribution in [2.75, 3.05) is 13.1 Å². The summed E-state index contributed by atoms with van der Waals surface area (Å²) in [5.41, 5.74) is 0.186. The molecule has 0 aromatic heterocycles. The van der Waals surface area contributed by atoms with E-state index in [9.17, 15) is 9.59 Å². The first-order valence-electron chi connectivity index (χ1n) is 6.61. The fraction of sp³-hybridized carbons (Fsp3) is 0.846. The van der Waals surface area contributed by atoms with Crippen LogP contribution in [-0.4, -0.2) is 29.9 Å². The summed E-state index contributed by atoms with van der Waals surface area (Å²) >= 11 is 0. The summed E-state index contributed by atoms with van der Waals surface area (Å²) in [4.78, 5) is 24.7. The van der Waals surface area contributed by atoms with Crippen molar-refractivity contribution in [3.8, 4) is 0 Å². The first-order valence-corrected chi connectivity index (χ1v) is 6.61. The van der Waals surface area contributed by atoms with Gasteiger partial charge in [-0.25, -0.2) is 4.79 Å². The van der Waals surface area contributed by atoms with Gasteiger partial charge >= 0.3 is 6.03 Å². The smallest absolute Gasteiger partial charge is 0.324 e. The van der Waals surface area contributed by atoms with E-state index in [2.05, 4.69) is 19.2 Å². The van der Waals surface area contributed by atoms with Crippen LogP contribution in [0.4, 0.5) is 4.79 Å². The van der Waals surface area contributed by atoms with E-state index < -0.39 is 0 Å². The maximum atomic E-state index is 11.6. The van der Waals surface area contributed by atoms with Crippen LogP contribution < -0.4 is 5.32 Å². The van der Waals surface area contributed by atoms with Crippen LogP contribution >= 0.6 is 0 Å². The van der Waals surface area contributed by atoms with Crippen LogP contribution in [0, 0.1) is 11.3 Å². The molecule has 1 aliphatic heterocycles. The van der Waals surface area contributed by atoms with E-state index in [1.807, 2.05) is 0 Å². The minimum absolute atomic E-state index is 0.0648. The average Bonchev–Trinajstić information content (AvgIpc) is 2.80. The minimum Gasteiger partial charge on any atom is -0.329 e. The van der Waals surface area contributed by atoms with Crippen molar-refractivity contribution in [2.45, 2.75) is 46.0 Å². The summed E-state index contributed by atoms with van der Waals surface area (Å²) in [6, 6.07) is -0.204. The van der Waals surface area contributed by atoms with Gasteiger partial charge in [0.15, 0.2) is 0 Å². The summed E-state index contributed by atoms with van der Waals surface area (Å²) in [5, 5.41) is 2.60. The molecule has 0 spiro atoms. The number of hydrogen-bond donors (Lipinski definition) is 1. The zero-order valence-corrected chi connectivity index (χ0v) is 10.8. The van der Waals surface area contributed by atoms with Gasteiger partial charge in [-0.05, 0) is 30.6 Å². The Bertz CT molecular complexity index is 303. The molecule has 1 saturated heterocycles. The van der Waals surface area contributed by atoms with Gasteiger partial charge in [0, 0.05) is 6.54 Å². The first kappa shape index (κ1) is 12.4. The SMILES string of the molecule is CC(C)CC1(CN2C(=O)CNC2=O)CCCC1. The Labute approximate surface area is 103 Å². The molecule has 0 aromatic rings. The Kier molecular flexibility index (Phi) is 3.40. The van der Waals surface area contributed by atoms with E-state index in [1.165, 1.54) is 17.7 Å². The molecule has 0 atom stereocenters. The van der Waals surface area contributed by atoms with E-state index in [4.69, 9.17) is 0 Å². The Morgan fingerprint density at radius 2 is 1.94 bits per heavy atom. The standard InChI is InChI=1S/C13H22N2O2/c1-10(2)7-13(5-3-4-6-13)9-15-11(16)8-14-12(15)17/h10H,3-9H2,1-2H3,(H,14,17). The van der Waals surface area contributed by atoms with Crippen molar-refractivity contribution in [1.29, 1.82) is 0 Å². The highest BCUT2D eigenvalue weighted by Crippen LogP contribution is 2.44. The fourth-order valence-electron chi connectivity index (χ4n) is 3.37. The number of urea groups is 1. The molecule has 1 N–H and O–H groups in total. The van der Waals surface area contributed by atoms with Gasteiger partial charge in [-0.1, -0.05) is 26.7 Å². The van der Waals surface area contributed by atoms with Gasteiger partial charge in [0.05, 0.1) is 6.54 Å². The highest BCUT2D eigenvalue weighted by atomic mass is 16.2. The molecule has 17 heavy (non-hydrogen) atoms. The van der Waals surface area contributed by atoms with Crippen molar-refractivity contribution in [3.63, 3.8) is 0 Å². The fourth-order valence-corrected chi connectivity index (χ4v) is 3.37. The molecule has 2 rings (SSSR count). The number of hydrogen-bond acceptors (Lipinski definition) is 2. The van der Waals surface area contributed by atoms with E-state index in [0.717, 1.165) is 19.3 Å². The summed E-state index contributed by atoms with van der Waals surface area (Å²) in [7, 11) is 0. The molecule has 4 nitrogen and oxygen atoms in total. The molecule has 1 saturated carbocycles. The summed E-state index contributed by atoms with van der Waals surface area (Å²) in [5.74, 6) is 0.555. The molecule has 4 heteroatoms. The van der Waals surface area contributed by atoms with Crippen molar-refractivity contribution in [3.05, 3.63) is 0 Å². The van der Waals surface area contributed by atoms with E-state index in [0.29, 0.717) is 12.5 Å². The third-order valence-electron chi connectivity index (χ3n) is 3.94. The molecule has 1 aliphatic carbocycles. The monoisotopic (exact) mass is 238 g/mol. The summed E-state index contributed by atoms with van der Waals surface area (Å²) in [6.07, 6.45) is 5.89. The highest BCUT2D eigenvalue weighted by Gasteiger charge is 2.40. The molecular weight excluding hydrogens is 216 g/mol. The second-order valence-corrected chi connectivity index (χ2v) is 5.94. The minimum atomic E-state index is -0.204. The lowest BCUT2D eigenvalue weighted by atomic mass is 9.78. The van der Waals surface area contributed by atoms with Gasteiger partial charge in [-0.15, -0.1) is 0 Å². The zero-order valence-electron chi connectivity index (χ0n) is 10.8. The van der Waals surface area contributed by atoms with E-state index >= 15 is 0 Å². The number of nitrogens with one attached hydrogen (secondary N) is 1. The Morgan fingerprint density at radius 3 is 2.41 bits per heavy atom. The lowest BCUT2D eigenvalue weighted by Crippen LogP contribution is -2.41. The predicted molar refractivity (Wildman–Crippen MR) is 65.5 cm³/mol. The van der Waals surface area contributed by atoms with Crippen LogP contribution in [0.1, 0.15) is 46.0 Å². The molecule has 0 unspecified atom stereocenters. The zero-order chi connectivity index (χ0) is 12.5. The summed E-state index contributed by atoms with van der Waals surface area (Å²) < 4.78 is 0. The van der Waals surface area contributed by atoms with Gasteiger partial charge in [0.1, 0.15) is 0 Å². The quantitative estimate of drug-likeness (QED) is 0.763. The maximum absolute atomic E-state index is 11.6. The Hall–Kier alpha value is -1.06. The van der Waals surface area contributed by atoms with Crippen LogP contribution in [0.3, 0.4) is 0 Å². The van der Waals surface area contributed by atoms with Crippen LogP contribution in [0.15, 0.2) is 0 Å². The number of amides is 3. The second kappa shape index (κ2) is 4.67. The first-order chi connectivity index (χ1) is 8.02. The molecule has 0 bridgehead atoms. The summed E-state index contributed by atoms with van der Waals surface area (Å²) in [6.45, 7) is 5.23. The van der Waals surface area contributed by atoms with Crippen LogP contribution in [-0.2, 0) is 4.79 Å². The van der Waals surface area contributed by atoms with Crippen molar-refractivity contribution in [1.82, 2.24) is 10.2 Å². The molecular formula is C13H22N2O2. The topological polar surface area (TPSA) is 49.4 Å². The molecule has 0 aromatic carbocycles. The number of rotatable bonds is 4.